The van der Waals surface area contributed by atoms with E-state index in [1.807, 2.05) is 35.2 Å². The van der Waals surface area contributed by atoms with Gasteiger partial charge in [-0.15, -0.1) is 0 Å². The first-order chi connectivity index (χ1) is 12.6. The maximum absolute atomic E-state index is 12.8. The van der Waals surface area contributed by atoms with E-state index in [4.69, 9.17) is 4.42 Å². The Labute approximate surface area is 153 Å². The Morgan fingerprint density at radius 3 is 2.58 bits per heavy atom. The van der Waals surface area contributed by atoms with Gasteiger partial charge in [0.05, 0.1) is 12.8 Å². The van der Waals surface area contributed by atoms with Crippen LogP contribution in [0, 0.1) is 0 Å². The molecule has 1 aromatic carbocycles. The molecule has 2 aromatic rings. The number of nitrogens with zero attached hydrogens (tertiary/aromatic N) is 3. The van der Waals surface area contributed by atoms with Crippen molar-refractivity contribution in [3.63, 3.8) is 0 Å². The first-order valence-electron chi connectivity index (χ1n) is 9.07. The Hall–Kier alpha value is -2.60. The maximum Gasteiger partial charge on any atom is 0.253 e. The van der Waals surface area contributed by atoms with Gasteiger partial charge in [0.2, 0.25) is 5.91 Å². The first kappa shape index (κ1) is 16.8. The van der Waals surface area contributed by atoms with Crippen molar-refractivity contribution in [1.82, 2.24) is 9.80 Å². The lowest BCUT2D eigenvalue weighted by Gasteiger charge is -2.34. The van der Waals surface area contributed by atoms with Gasteiger partial charge < -0.3 is 14.2 Å². The molecule has 4 rings (SSSR count). The van der Waals surface area contributed by atoms with Crippen molar-refractivity contribution in [2.75, 3.05) is 37.6 Å². The van der Waals surface area contributed by atoms with Gasteiger partial charge in [-0.05, 0) is 42.3 Å². The minimum atomic E-state index is 0.0514. The van der Waals surface area contributed by atoms with Crippen LogP contribution in [0.25, 0.3) is 0 Å². The molecule has 0 aliphatic carbocycles. The molecule has 0 saturated carbocycles. The van der Waals surface area contributed by atoms with Gasteiger partial charge in [-0.25, -0.2) is 0 Å². The lowest BCUT2D eigenvalue weighted by molar-refractivity contribution is -0.116. The second-order valence-corrected chi connectivity index (χ2v) is 6.91. The van der Waals surface area contributed by atoms with E-state index in [9.17, 15) is 9.59 Å². The molecule has 136 valence electrons. The van der Waals surface area contributed by atoms with Crippen LogP contribution in [0.2, 0.25) is 0 Å². The molecule has 0 spiro atoms. The molecule has 2 amide bonds. The van der Waals surface area contributed by atoms with Gasteiger partial charge in [0.15, 0.2) is 0 Å². The summed E-state index contributed by atoms with van der Waals surface area (Å²) in [6.07, 6.45) is 2.50. The number of rotatable bonds is 3. The van der Waals surface area contributed by atoms with Crippen molar-refractivity contribution in [2.24, 2.45) is 0 Å². The zero-order chi connectivity index (χ0) is 18.1. The molecule has 0 bridgehead atoms. The summed E-state index contributed by atoms with van der Waals surface area (Å²) >= 11 is 0. The fourth-order valence-corrected chi connectivity index (χ4v) is 3.78. The maximum atomic E-state index is 12.8. The summed E-state index contributed by atoms with van der Waals surface area (Å²) in [5.74, 6) is 1.08. The molecule has 0 atom stereocenters. The van der Waals surface area contributed by atoms with Crippen LogP contribution in [0.3, 0.4) is 0 Å². The number of benzene rings is 1. The number of hydrogen-bond donors (Lipinski definition) is 0. The number of carbonyl (C=O) groups excluding carboxylic acids is 2. The highest BCUT2D eigenvalue weighted by atomic mass is 16.3. The summed E-state index contributed by atoms with van der Waals surface area (Å²) in [5, 5.41) is 0. The minimum absolute atomic E-state index is 0.0514. The molecule has 0 radical (unpaired) electrons. The highest BCUT2D eigenvalue weighted by Crippen LogP contribution is 2.29. The predicted molar refractivity (Wildman–Crippen MR) is 98.1 cm³/mol. The molecule has 1 aromatic heterocycles. The van der Waals surface area contributed by atoms with Crippen molar-refractivity contribution < 1.29 is 14.0 Å². The molecule has 0 unspecified atom stereocenters. The smallest absolute Gasteiger partial charge is 0.253 e. The van der Waals surface area contributed by atoms with Crippen LogP contribution in [-0.2, 0) is 17.8 Å². The number of carbonyl (C=O) groups is 2. The summed E-state index contributed by atoms with van der Waals surface area (Å²) < 4.78 is 5.40. The van der Waals surface area contributed by atoms with Crippen molar-refractivity contribution in [2.45, 2.75) is 19.9 Å². The molecular weight excluding hydrogens is 330 g/mol. The van der Waals surface area contributed by atoms with Crippen LogP contribution in [0.1, 0.15) is 28.6 Å². The molecule has 6 nitrogen and oxygen atoms in total. The number of anilines is 1. The number of furan rings is 1. The summed E-state index contributed by atoms with van der Waals surface area (Å²) in [6, 6.07) is 9.58. The monoisotopic (exact) mass is 353 g/mol. The Morgan fingerprint density at radius 1 is 1.08 bits per heavy atom. The van der Waals surface area contributed by atoms with E-state index < -0.39 is 0 Å². The average Bonchev–Trinajstić information content (AvgIpc) is 3.30. The van der Waals surface area contributed by atoms with Gasteiger partial charge >= 0.3 is 0 Å². The zero-order valence-corrected chi connectivity index (χ0v) is 15.0. The highest BCUT2D eigenvalue weighted by molar-refractivity contribution is 5.97. The van der Waals surface area contributed by atoms with E-state index in [0.29, 0.717) is 12.1 Å². The summed E-state index contributed by atoms with van der Waals surface area (Å²) in [7, 11) is 0. The topological polar surface area (TPSA) is 57.0 Å². The Bertz CT molecular complexity index is 808. The molecule has 1 saturated heterocycles. The van der Waals surface area contributed by atoms with Crippen molar-refractivity contribution in [3.8, 4) is 0 Å². The fraction of sp³-hybridized carbons (Fsp3) is 0.400. The van der Waals surface area contributed by atoms with Crippen LogP contribution in [0.15, 0.2) is 41.0 Å². The van der Waals surface area contributed by atoms with Crippen molar-refractivity contribution >= 4 is 17.5 Å². The Balaban J connectivity index is 1.39. The summed E-state index contributed by atoms with van der Waals surface area (Å²) in [6.45, 7) is 6.19. The lowest BCUT2D eigenvalue weighted by Crippen LogP contribution is -2.48. The van der Waals surface area contributed by atoms with Gasteiger partial charge in [0.25, 0.3) is 5.91 Å². The number of fused-ring (bicyclic) bond motifs is 1. The zero-order valence-electron chi connectivity index (χ0n) is 15.0. The predicted octanol–water partition coefficient (Wildman–Crippen LogP) is 2.15. The van der Waals surface area contributed by atoms with Gasteiger partial charge in [0, 0.05) is 50.9 Å². The second kappa shape index (κ2) is 6.96. The SMILES string of the molecule is CC(=O)N1CCc2cc(C(=O)N3CCN(Cc4ccco4)CC3)ccc21. The van der Waals surface area contributed by atoms with Crippen LogP contribution in [0.5, 0.6) is 0 Å². The van der Waals surface area contributed by atoms with E-state index in [1.54, 1.807) is 18.1 Å². The molecular formula is C20H23N3O3. The van der Waals surface area contributed by atoms with Crippen LogP contribution in [-0.4, -0.2) is 54.3 Å². The van der Waals surface area contributed by atoms with Crippen molar-refractivity contribution in [3.05, 3.63) is 53.5 Å². The van der Waals surface area contributed by atoms with E-state index in [0.717, 1.165) is 56.2 Å². The van der Waals surface area contributed by atoms with Crippen LogP contribution >= 0.6 is 0 Å². The Kier molecular flexibility index (Phi) is 4.51. The molecule has 1 fully saturated rings. The molecule has 2 aliphatic heterocycles. The van der Waals surface area contributed by atoms with Gasteiger partial charge in [-0.2, -0.15) is 0 Å². The first-order valence-corrected chi connectivity index (χ1v) is 9.07. The standard InChI is InChI=1S/C20H23N3O3/c1-15(24)23-7-6-16-13-17(4-5-19(16)23)20(25)22-10-8-21(9-11-22)14-18-3-2-12-26-18/h2-5,12-13H,6-11,14H2,1H3. The number of hydrogen-bond acceptors (Lipinski definition) is 4. The molecule has 3 heterocycles. The molecule has 26 heavy (non-hydrogen) atoms. The summed E-state index contributed by atoms with van der Waals surface area (Å²) in [5.41, 5.74) is 2.74. The van der Waals surface area contributed by atoms with E-state index >= 15 is 0 Å². The molecule has 6 heteroatoms. The molecule has 2 aliphatic rings. The second-order valence-electron chi connectivity index (χ2n) is 6.91. The van der Waals surface area contributed by atoms with E-state index in [-0.39, 0.29) is 11.8 Å². The normalized spacial score (nSPS) is 17.4. The van der Waals surface area contributed by atoms with Gasteiger partial charge in [-0.1, -0.05) is 0 Å². The molecule has 0 N–H and O–H groups in total. The largest absolute Gasteiger partial charge is 0.468 e. The highest BCUT2D eigenvalue weighted by Gasteiger charge is 2.26. The number of amides is 2. The lowest BCUT2D eigenvalue weighted by atomic mass is 10.1. The van der Waals surface area contributed by atoms with Crippen LogP contribution in [0.4, 0.5) is 5.69 Å². The third-order valence-electron chi connectivity index (χ3n) is 5.22. The van der Waals surface area contributed by atoms with E-state index in [1.165, 1.54) is 0 Å². The van der Waals surface area contributed by atoms with Crippen molar-refractivity contribution in [1.29, 1.82) is 0 Å². The van der Waals surface area contributed by atoms with Gasteiger partial charge in [-0.3, -0.25) is 14.5 Å². The third-order valence-corrected chi connectivity index (χ3v) is 5.22. The van der Waals surface area contributed by atoms with Gasteiger partial charge in [0.1, 0.15) is 5.76 Å². The summed E-state index contributed by atoms with van der Waals surface area (Å²) in [4.78, 5) is 30.5. The average molecular weight is 353 g/mol. The number of piperazine rings is 1. The fourth-order valence-electron chi connectivity index (χ4n) is 3.78. The van der Waals surface area contributed by atoms with E-state index in [2.05, 4.69) is 4.90 Å². The minimum Gasteiger partial charge on any atom is -0.468 e. The Morgan fingerprint density at radius 2 is 1.88 bits per heavy atom. The van der Waals surface area contributed by atoms with Crippen LogP contribution < -0.4 is 4.90 Å². The third kappa shape index (κ3) is 3.24. The quantitative estimate of drug-likeness (QED) is 0.848.